The van der Waals surface area contributed by atoms with Gasteiger partial charge in [-0.05, 0) is 23.3 Å². The Morgan fingerprint density at radius 3 is 0.933 bits per heavy atom. The van der Waals surface area contributed by atoms with Crippen LogP contribution in [-0.4, -0.2) is 11.8 Å². The third-order valence-corrected chi connectivity index (χ3v) is 5.30. The SMILES string of the molecule is FC1(F)c2ccc(-c3ccc4c(c3)C(F)(F)C(F)(F)C4(F)F)cc2C(F)(F)C1(F)F. The van der Waals surface area contributed by atoms with Crippen molar-refractivity contribution in [1.29, 1.82) is 0 Å². The van der Waals surface area contributed by atoms with Crippen LogP contribution in [0.2, 0.25) is 0 Å². The molecule has 0 amide bonds. The Bertz CT molecular complexity index is 981. The third kappa shape index (κ3) is 2.02. The minimum Gasteiger partial charge on any atom is -0.194 e. The number of fused-ring (bicyclic) bond motifs is 2. The number of rotatable bonds is 1. The quantitative estimate of drug-likeness (QED) is 0.410. The monoisotopic (exact) mass is 450 g/mol. The van der Waals surface area contributed by atoms with Crippen LogP contribution in [0.3, 0.4) is 0 Å². The fourth-order valence-corrected chi connectivity index (χ4v) is 3.59. The molecule has 0 saturated carbocycles. The topological polar surface area (TPSA) is 0 Å². The van der Waals surface area contributed by atoms with E-state index in [1.807, 2.05) is 0 Å². The van der Waals surface area contributed by atoms with Crippen LogP contribution in [-0.2, 0) is 23.7 Å². The first-order valence-electron chi connectivity index (χ1n) is 7.99. The molecule has 162 valence electrons. The molecule has 0 bridgehead atoms. The Kier molecular flexibility index (Phi) is 3.65. The first-order chi connectivity index (χ1) is 13.4. The van der Waals surface area contributed by atoms with Crippen LogP contribution in [0.5, 0.6) is 0 Å². The average molecular weight is 450 g/mol. The summed E-state index contributed by atoms with van der Waals surface area (Å²) in [5.74, 6) is -32.7. The van der Waals surface area contributed by atoms with Crippen molar-refractivity contribution in [2.75, 3.05) is 0 Å². The van der Waals surface area contributed by atoms with Gasteiger partial charge in [-0.2, -0.15) is 52.7 Å². The molecule has 0 heterocycles. The van der Waals surface area contributed by atoms with Gasteiger partial charge in [-0.1, -0.05) is 24.3 Å². The van der Waals surface area contributed by atoms with Crippen LogP contribution in [0, 0.1) is 0 Å². The van der Waals surface area contributed by atoms with Gasteiger partial charge in [-0.25, -0.2) is 0 Å². The standard InChI is InChI=1S/C18H6F12/c19-13(20)9-3-1-7(5-11(9)15(23,24)17(13,27)28)8-2-4-10-12(6-8)16(25,26)18(29,30)14(10,21)22/h1-6H. The van der Waals surface area contributed by atoms with E-state index in [1.165, 1.54) is 0 Å². The van der Waals surface area contributed by atoms with Gasteiger partial charge in [0.2, 0.25) is 0 Å². The van der Waals surface area contributed by atoms with Crippen molar-refractivity contribution in [2.24, 2.45) is 0 Å². The van der Waals surface area contributed by atoms with Gasteiger partial charge in [0.1, 0.15) is 0 Å². The average Bonchev–Trinajstić information content (AvgIpc) is 2.82. The van der Waals surface area contributed by atoms with E-state index in [-0.39, 0.29) is 24.3 Å². The van der Waals surface area contributed by atoms with Gasteiger partial charge in [0.05, 0.1) is 0 Å². The van der Waals surface area contributed by atoms with Crippen LogP contribution < -0.4 is 0 Å². The van der Waals surface area contributed by atoms with E-state index < -0.39 is 68.9 Å². The Morgan fingerprint density at radius 1 is 0.367 bits per heavy atom. The van der Waals surface area contributed by atoms with E-state index >= 15 is 0 Å². The lowest BCUT2D eigenvalue weighted by Gasteiger charge is -2.23. The smallest absolute Gasteiger partial charge is 0.194 e. The van der Waals surface area contributed by atoms with Crippen molar-refractivity contribution in [1.82, 2.24) is 0 Å². The number of halogens is 12. The highest BCUT2D eigenvalue weighted by Gasteiger charge is 2.80. The molecule has 0 atom stereocenters. The maximum Gasteiger partial charge on any atom is 0.380 e. The summed E-state index contributed by atoms with van der Waals surface area (Å²) in [6.07, 6.45) is 0. The summed E-state index contributed by atoms with van der Waals surface area (Å²) in [6.45, 7) is 0. The zero-order valence-corrected chi connectivity index (χ0v) is 14.0. The van der Waals surface area contributed by atoms with Crippen molar-refractivity contribution < 1.29 is 52.7 Å². The Morgan fingerprint density at radius 2 is 0.633 bits per heavy atom. The predicted octanol–water partition coefficient (Wildman–Crippen LogP) is 7.02. The summed E-state index contributed by atoms with van der Waals surface area (Å²) in [6, 6.07) is 1.94. The molecule has 30 heavy (non-hydrogen) atoms. The zero-order chi connectivity index (χ0) is 22.7. The molecule has 2 aliphatic carbocycles. The van der Waals surface area contributed by atoms with Crippen molar-refractivity contribution >= 4 is 0 Å². The van der Waals surface area contributed by atoms with Crippen LogP contribution in [0.4, 0.5) is 52.7 Å². The summed E-state index contributed by atoms with van der Waals surface area (Å²) >= 11 is 0. The summed E-state index contributed by atoms with van der Waals surface area (Å²) in [5, 5.41) is 0. The molecule has 2 aliphatic rings. The van der Waals surface area contributed by atoms with Crippen molar-refractivity contribution in [3.63, 3.8) is 0 Å². The lowest BCUT2D eigenvalue weighted by molar-refractivity contribution is -0.302. The van der Waals surface area contributed by atoms with Gasteiger partial charge in [0.25, 0.3) is 0 Å². The molecule has 0 unspecified atom stereocenters. The molecule has 2 aromatic rings. The Labute approximate surface area is 159 Å². The van der Waals surface area contributed by atoms with Gasteiger partial charge >= 0.3 is 35.5 Å². The second-order valence-corrected chi connectivity index (χ2v) is 6.97. The maximum absolute atomic E-state index is 13.9. The van der Waals surface area contributed by atoms with Crippen LogP contribution in [0.25, 0.3) is 11.1 Å². The van der Waals surface area contributed by atoms with Gasteiger partial charge in [0, 0.05) is 22.3 Å². The van der Waals surface area contributed by atoms with Crippen molar-refractivity contribution in [3.05, 3.63) is 58.7 Å². The summed E-state index contributed by atoms with van der Waals surface area (Å²) < 4.78 is 164. The summed E-state index contributed by atoms with van der Waals surface area (Å²) in [4.78, 5) is 0. The molecule has 4 rings (SSSR count). The third-order valence-electron chi connectivity index (χ3n) is 5.30. The normalized spacial score (nSPS) is 25.6. The van der Waals surface area contributed by atoms with Gasteiger partial charge in [0.15, 0.2) is 0 Å². The minimum atomic E-state index is -5.78. The molecule has 0 radical (unpaired) electrons. The molecule has 0 saturated heterocycles. The highest BCUT2D eigenvalue weighted by atomic mass is 19.4. The lowest BCUT2D eigenvalue weighted by atomic mass is 9.96. The fraction of sp³-hybridized carbons (Fsp3) is 0.333. The number of alkyl halides is 12. The van der Waals surface area contributed by atoms with E-state index in [0.717, 1.165) is 0 Å². The Balaban J connectivity index is 1.89. The second-order valence-electron chi connectivity index (χ2n) is 6.97. The van der Waals surface area contributed by atoms with E-state index in [4.69, 9.17) is 0 Å². The molecule has 0 fully saturated rings. The maximum atomic E-state index is 13.9. The van der Waals surface area contributed by atoms with Gasteiger partial charge in [-0.3, -0.25) is 0 Å². The van der Waals surface area contributed by atoms with Crippen LogP contribution in [0.15, 0.2) is 36.4 Å². The fourth-order valence-electron chi connectivity index (χ4n) is 3.59. The van der Waals surface area contributed by atoms with E-state index in [1.54, 1.807) is 0 Å². The Hall–Kier alpha value is -2.40. The van der Waals surface area contributed by atoms with E-state index in [2.05, 4.69) is 0 Å². The minimum absolute atomic E-state index is 0.162. The number of hydrogen-bond donors (Lipinski definition) is 0. The predicted molar refractivity (Wildman–Crippen MR) is 77.3 cm³/mol. The van der Waals surface area contributed by atoms with Gasteiger partial charge < -0.3 is 0 Å². The number of benzene rings is 2. The highest BCUT2D eigenvalue weighted by molar-refractivity contribution is 5.69. The molecule has 0 nitrogen and oxygen atoms in total. The lowest BCUT2D eigenvalue weighted by Crippen LogP contribution is -2.43. The molecule has 0 aromatic heterocycles. The second kappa shape index (κ2) is 5.25. The molecular weight excluding hydrogens is 444 g/mol. The first kappa shape index (κ1) is 20.9. The molecule has 0 spiro atoms. The molecular formula is C18H6F12. The molecule has 12 heteroatoms. The zero-order valence-electron chi connectivity index (χ0n) is 14.0. The molecule has 0 N–H and O–H groups in total. The summed E-state index contributed by atoms with van der Waals surface area (Å²) in [7, 11) is 0. The highest BCUT2D eigenvalue weighted by Crippen LogP contribution is 2.65. The van der Waals surface area contributed by atoms with Crippen LogP contribution in [0.1, 0.15) is 22.3 Å². The summed E-state index contributed by atoms with van der Waals surface area (Å²) in [5.41, 5.74) is -8.22. The van der Waals surface area contributed by atoms with Crippen molar-refractivity contribution in [3.8, 4) is 11.1 Å². The number of hydrogen-bond acceptors (Lipinski definition) is 0. The molecule has 2 aromatic carbocycles. The first-order valence-corrected chi connectivity index (χ1v) is 7.99. The molecule has 0 aliphatic heterocycles. The van der Waals surface area contributed by atoms with Gasteiger partial charge in [-0.15, -0.1) is 0 Å². The van der Waals surface area contributed by atoms with Crippen molar-refractivity contribution in [2.45, 2.75) is 35.5 Å². The van der Waals surface area contributed by atoms with Crippen LogP contribution >= 0.6 is 0 Å². The van der Waals surface area contributed by atoms with E-state index in [9.17, 15) is 52.7 Å². The largest absolute Gasteiger partial charge is 0.380 e. The van der Waals surface area contributed by atoms with E-state index in [0.29, 0.717) is 12.1 Å².